The van der Waals surface area contributed by atoms with E-state index in [1.165, 1.54) is 0 Å². The summed E-state index contributed by atoms with van der Waals surface area (Å²) < 4.78 is 4.91. The molecule has 0 spiro atoms. The zero-order valence-corrected chi connectivity index (χ0v) is 8.97. The Bertz CT molecular complexity index is 365. The Labute approximate surface area is 93.6 Å². The number of urea groups is 1. The molecule has 86 valence electrons. The fourth-order valence-electron chi connectivity index (χ4n) is 1.30. The highest BCUT2D eigenvalue weighted by atomic mass is 16.6. The number of nitrogens with one attached hydrogen (secondary N) is 1. The predicted molar refractivity (Wildman–Crippen MR) is 58.8 cm³/mol. The zero-order chi connectivity index (χ0) is 12.0. The second-order valence-corrected chi connectivity index (χ2v) is 3.39. The minimum absolute atomic E-state index is 0.318. The van der Waals surface area contributed by atoms with Crippen LogP contribution in [-0.4, -0.2) is 18.2 Å². The highest BCUT2D eigenvalue weighted by Gasteiger charge is 2.11. The van der Waals surface area contributed by atoms with Crippen molar-refractivity contribution in [2.75, 3.05) is 0 Å². The van der Waals surface area contributed by atoms with Gasteiger partial charge in [-0.25, -0.2) is 14.9 Å². The average molecular weight is 222 g/mol. The summed E-state index contributed by atoms with van der Waals surface area (Å²) in [6.45, 7) is 1.74. The van der Waals surface area contributed by atoms with Crippen LogP contribution in [-0.2, 0) is 11.2 Å². The molecule has 0 aliphatic rings. The Balaban J connectivity index is 2.39. The molecule has 16 heavy (non-hydrogen) atoms. The molecule has 5 nitrogen and oxygen atoms in total. The molecule has 0 aliphatic carbocycles. The third kappa shape index (κ3) is 4.45. The molecule has 0 aromatic heterocycles. The van der Waals surface area contributed by atoms with Crippen LogP contribution in [0.3, 0.4) is 0 Å². The molecule has 3 N–H and O–H groups in total. The Hall–Kier alpha value is -2.04. The van der Waals surface area contributed by atoms with E-state index in [-0.39, 0.29) is 6.10 Å². The molecule has 1 aromatic carbocycles. The molecular weight excluding hydrogens is 208 g/mol. The van der Waals surface area contributed by atoms with Gasteiger partial charge < -0.3 is 10.5 Å². The molecule has 0 heterocycles. The lowest BCUT2D eigenvalue weighted by molar-refractivity contribution is 0.109. The fraction of sp³-hybridized carbons (Fsp3) is 0.273. The summed E-state index contributed by atoms with van der Waals surface area (Å²) in [5.74, 6) is 0. The van der Waals surface area contributed by atoms with Gasteiger partial charge in [0.1, 0.15) is 6.10 Å². The maximum Gasteiger partial charge on any atom is 0.415 e. The average Bonchev–Trinajstić information content (AvgIpc) is 2.17. The maximum absolute atomic E-state index is 11.0. The molecule has 1 atom stereocenters. The largest absolute Gasteiger partial charge is 0.446 e. The van der Waals surface area contributed by atoms with E-state index in [1.807, 2.05) is 35.6 Å². The van der Waals surface area contributed by atoms with E-state index in [9.17, 15) is 9.59 Å². The van der Waals surface area contributed by atoms with Gasteiger partial charge in [0.15, 0.2) is 0 Å². The van der Waals surface area contributed by atoms with E-state index >= 15 is 0 Å². The molecule has 0 saturated carbocycles. The molecule has 0 aliphatic heterocycles. The first-order chi connectivity index (χ1) is 7.58. The zero-order valence-electron chi connectivity index (χ0n) is 8.97. The SMILES string of the molecule is CC(Cc1ccccc1)OC(=O)NC(N)=O. The van der Waals surface area contributed by atoms with Crippen LogP contribution in [0.25, 0.3) is 0 Å². The van der Waals surface area contributed by atoms with Gasteiger partial charge in [0.25, 0.3) is 0 Å². The van der Waals surface area contributed by atoms with Crippen LogP contribution in [0.2, 0.25) is 0 Å². The van der Waals surface area contributed by atoms with E-state index in [2.05, 4.69) is 0 Å². The van der Waals surface area contributed by atoms with E-state index in [0.29, 0.717) is 6.42 Å². The van der Waals surface area contributed by atoms with E-state index in [0.717, 1.165) is 5.56 Å². The summed E-state index contributed by atoms with van der Waals surface area (Å²) in [6.07, 6.45) is -0.551. The Kier molecular flexibility index (Phi) is 4.32. The number of nitrogens with two attached hydrogens (primary N) is 1. The second kappa shape index (κ2) is 5.75. The number of ether oxygens (including phenoxy) is 1. The van der Waals surface area contributed by atoms with Gasteiger partial charge in [0, 0.05) is 6.42 Å². The first-order valence-corrected chi connectivity index (χ1v) is 4.89. The van der Waals surface area contributed by atoms with Crippen molar-refractivity contribution in [3.05, 3.63) is 35.9 Å². The van der Waals surface area contributed by atoms with Crippen molar-refractivity contribution < 1.29 is 14.3 Å². The number of imide groups is 1. The second-order valence-electron chi connectivity index (χ2n) is 3.39. The van der Waals surface area contributed by atoms with Gasteiger partial charge >= 0.3 is 12.1 Å². The van der Waals surface area contributed by atoms with Crippen molar-refractivity contribution in [1.29, 1.82) is 0 Å². The summed E-state index contributed by atoms with van der Waals surface area (Å²) >= 11 is 0. The quantitative estimate of drug-likeness (QED) is 0.811. The Morgan fingerprint density at radius 2 is 2.00 bits per heavy atom. The van der Waals surface area contributed by atoms with Gasteiger partial charge in [-0.15, -0.1) is 0 Å². The fourth-order valence-corrected chi connectivity index (χ4v) is 1.30. The molecule has 1 unspecified atom stereocenters. The Morgan fingerprint density at radius 3 is 2.56 bits per heavy atom. The summed E-state index contributed by atoms with van der Waals surface area (Å²) in [5, 5.41) is 1.84. The normalized spacial score (nSPS) is 11.6. The minimum atomic E-state index is -0.920. The molecular formula is C11H14N2O3. The van der Waals surface area contributed by atoms with Gasteiger partial charge in [-0.1, -0.05) is 30.3 Å². The molecule has 0 bridgehead atoms. The van der Waals surface area contributed by atoms with Crippen molar-refractivity contribution >= 4 is 12.1 Å². The van der Waals surface area contributed by atoms with Crippen LogP contribution in [0.5, 0.6) is 0 Å². The third-order valence-corrected chi connectivity index (χ3v) is 1.90. The van der Waals surface area contributed by atoms with Crippen molar-refractivity contribution in [1.82, 2.24) is 5.32 Å². The van der Waals surface area contributed by atoms with Gasteiger partial charge in [-0.2, -0.15) is 0 Å². The highest BCUT2D eigenvalue weighted by Crippen LogP contribution is 2.05. The highest BCUT2D eigenvalue weighted by molar-refractivity contribution is 5.89. The third-order valence-electron chi connectivity index (χ3n) is 1.90. The number of primary amides is 1. The number of benzene rings is 1. The standard InChI is InChI=1S/C11H14N2O3/c1-8(16-11(15)13-10(12)14)7-9-5-3-2-4-6-9/h2-6,8H,7H2,1H3,(H3,12,13,14,15). The summed E-state index contributed by atoms with van der Waals surface area (Å²) in [6, 6.07) is 8.68. The van der Waals surface area contributed by atoms with Gasteiger partial charge in [0.2, 0.25) is 0 Å². The molecule has 1 rings (SSSR count). The summed E-state index contributed by atoms with van der Waals surface area (Å²) in [5.41, 5.74) is 5.83. The number of carbonyl (C=O) groups is 2. The molecule has 0 fully saturated rings. The number of hydrogen-bond donors (Lipinski definition) is 2. The predicted octanol–water partition coefficient (Wildman–Crippen LogP) is 1.42. The van der Waals surface area contributed by atoms with Gasteiger partial charge in [0.05, 0.1) is 0 Å². The lowest BCUT2D eigenvalue weighted by Crippen LogP contribution is -2.37. The maximum atomic E-state index is 11.0. The van der Waals surface area contributed by atoms with E-state index in [4.69, 9.17) is 10.5 Å². The van der Waals surface area contributed by atoms with Crippen LogP contribution in [0.15, 0.2) is 30.3 Å². The van der Waals surface area contributed by atoms with Crippen molar-refractivity contribution in [2.45, 2.75) is 19.4 Å². The van der Waals surface area contributed by atoms with Crippen LogP contribution >= 0.6 is 0 Å². The lowest BCUT2D eigenvalue weighted by atomic mass is 10.1. The summed E-state index contributed by atoms with van der Waals surface area (Å²) in [4.78, 5) is 21.4. The van der Waals surface area contributed by atoms with Crippen molar-refractivity contribution in [3.63, 3.8) is 0 Å². The van der Waals surface area contributed by atoms with E-state index in [1.54, 1.807) is 6.92 Å². The van der Waals surface area contributed by atoms with Crippen LogP contribution in [0, 0.1) is 0 Å². The number of hydrogen-bond acceptors (Lipinski definition) is 3. The van der Waals surface area contributed by atoms with Crippen molar-refractivity contribution in [3.8, 4) is 0 Å². The molecule has 0 radical (unpaired) electrons. The molecule has 5 heteroatoms. The minimum Gasteiger partial charge on any atom is -0.446 e. The van der Waals surface area contributed by atoms with Crippen LogP contribution in [0.4, 0.5) is 9.59 Å². The van der Waals surface area contributed by atoms with Gasteiger partial charge in [-0.3, -0.25) is 0 Å². The molecule has 0 saturated heterocycles. The van der Waals surface area contributed by atoms with Crippen LogP contribution < -0.4 is 11.1 Å². The Morgan fingerprint density at radius 1 is 1.38 bits per heavy atom. The lowest BCUT2D eigenvalue weighted by Gasteiger charge is -2.12. The molecule has 3 amide bonds. The van der Waals surface area contributed by atoms with Crippen molar-refractivity contribution in [2.24, 2.45) is 5.73 Å². The number of alkyl carbamates (subject to hydrolysis) is 1. The van der Waals surface area contributed by atoms with Crippen LogP contribution in [0.1, 0.15) is 12.5 Å². The first kappa shape index (κ1) is 12.0. The number of amides is 3. The number of carbonyl (C=O) groups excluding carboxylic acids is 2. The summed E-state index contributed by atoms with van der Waals surface area (Å²) in [7, 11) is 0. The van der Waals surface area contributed by atoms with Gasteiger partial charge in [-0.05, 0) is 12.5 Å². The van der Waals surface area contributed by atoms with E-state index < -0.39 is 12.1 Å². The monoisotopic (exact) mass is 222 g/mol. The topological polar surface area (TPSA) is 81.4 Å². The molecule has 1 aromatic rings. The number of rotatable bonds is 3. The first-order valence-electron chi connectivity index (χ1n) is 4.89. The smallest absolute Gasteiger partial charge is 0.415 e.